The Morgan fingerprint density at radius 1 is 1.43 bits per heavy atom. The van der Waals surface area contributed by atoms with E-state index in [1.165, 1.54) is 5.56 Å². The number of hydrogen-bond donors (Lipinski definition) is 1. The summed E-state index contributed by atoms with van der Waals surface area (Å²) in [5.41, 5.74) is 2.23. The highest BCUT2D eigenvalue weighted by atomic mass is 32.2. The number of anilines is 1. The van der Waals surface area contributed by atoms with Crippen LogP contribution in [0.1, 0.15) is 11.3 Å². The molecule has 1 aromatic rings. The molecule has 1 aliphatic rings. The second-order valence-corrected chi connectivity index (χ2v) is 3.81. The van der Waals surface area contributed by atoms with Gasteiger partial charge in [-0.1, -0.05) is 11.8 Å². The van der Waals surface area contributed by atoms with Gasteiger partial charge in [0.2, 0.25) is 0 Å². The van der Waals surface area contributed by atoms with Crippen LogP contribution in [0.4, 0.5) is 5.82 Å². The summed E-state index contributed by atoms with van der Waals surface area (Å²) in [5.74, 6) is 0.947. The molecule has 5 heteroatoms. The molecule has 14 heavy (non-hydrogen) atoms. The monoisotopic (exact) mass is 211 g/mol. The van der Waals surface area contributed by atoms with Gasteiger partial charge in [-0.15, -0.1) is 0 Å². The normalized spacial score (nSPS) is 15.0. The largest absolute Gasteiger partial charge is 0.375 e. The third-order valence-electron chi connectivity index (χ3n) is 2.23. The zero-order valence-corrected chi connectivity index (χ0v) is 9.15. The molecule has 0 fully saturated rings. The van der Waals surface area contributed by atoms with Crippen molar-refractivity contribution < 1.29 is 4.74 Å². The zero-order valence-electron chi connectivity index (χ0n) is 8.33. The first-order chi connectivity index (χ1) is 6.85. The lowest BCUT2D eigenvalue weighted by Gasteiger charge is -2.18. The quantitative estimate of drug-likeness (QED) is 0.590. The minimum atomic E-state index is 0.611. The molecule has 2 heterocycles. The third-order valence-corrected chi connectivity index (χ3v) is 2.77. The molecule has 0 saturated carbocycles. The van der Waals surface area contributed by atoms with Crippen molar-refractivity contribution in [3.8, 4) is 0 Å². The lowest BCUT2D eigenvalue weighted by molar-refractivity contribution is 0.107. The lowest BCUT2D eigenvalue weighted by Crippen LogP contribution is -2.15. The molecule has 0 aromatic carbocycles. The van der Waals surface area contributed by atoms with E-state index in [2.05, 4.69) is 15.3 Å². The number of nitrogens with one attached hydrogen (secondary N) is 1. The number of nitrogens with zero attached hydrogens (tertiary/aromatic N) is 2. The summed E-state index contributed by atoms with van der Waals surface area (Å²) in [7, 11) is 1.89. The molecule has 4 nitrogen and oxygen atoms in total. The molecule has 1 aliphatic heterocycles. The van der Waals surface area contributed by atoms with Gasteiger partial charge in [-0.25, -0.2) is 9.97 Å². The van der Waals surface area contributed by atoms with Gasteiger partial charge >= 0.3 is 0 Å². The Kier molecular flexibility index (Phi) is 2.88. The number of rotatable bonds is 2. The topological polar surface area (TPSA) is 47.0 Å². The molecule has 2 rings (SSSR count). The summed E-state index contributed by atoms with van der Waals surface area (Å²) in [6.07, 6.45) is 2.88. The van der Waals surface area contributed by atoms with Gasteiger partial charge in [0.1, 0.15) is 5.82 Å². The molecule has 0 saturated heterocycles. The SMILES string of the molecule is CNc1nc(SC)nc2c1CCOC2. The zero-order chi connectivity index (χ0) is 9.97. The van der Waals surface area contributed by atoms with E-state index in [9.17, 15) is 0 Å². The molecular formula is C9H13N3OS. The van der Waals surface area contributed by atoms with Crippen LogP contribution in [0, 0.1) is 0 Å². The van der Waals surface area contributed by atoms with Crippen LogP contribution in [-0.2, 0) is 17.8 Å². The second-order valence-electron chi connectivity index (χ2n) is 3.04. The van der Waals surface area contributed by atoms with Crippen molar-refractivity contribution in [2.24, 2.45) is 0 Å². The van der Waals surface area contributed by atoms with E-state index in [1.54, 1.807) is 11.8 Å². The first-order valence-electron chi connectivity index (χ1n) is 4.54. The van der Waals surface area contributed by atoms with E-state index in [0.717, 1.165) is 29.7 Å². The average molecular weight is 211 g/mol. The fourth-order valence-corrected chi connectivity index (χ4v) is 1.92. The van der Waals surface area contributed by atoms with Crippen LogP contribution >= 0.6 is 11.8 Å². The highest BCUT2D eigenvalue weighted by molar-refractivity contribution is 7.98. The molecule has 1 aromatic heterocycles. The molecule has 0 aliphatic carbocycles. The summed E-state index contributed by atoms with van der Waals surface area (Å²) >= 11 is 1.55. The Bertz CT molecular complexity index is 326. The van der Waals surface area contributed by atoms with Gasteiger partial charge in [-0.3, -0.25) is 0 Å². The molecule has 76 valence electrons. The molecule has 0 unspecified atom stereocenters. The van der Waals surface area contributed by atoms with Gasteiger partial charge in [0.05, 0.1) is 18.9 Å². The Balaban J connectivity index is 2.47. The second kappa shape index (κ2) is 4.14. The van der Waals surface area contributed by atoms with Crippen LogP contribution < -0.4 is 5.32 Å². The Labute approximate surface area is 87.5 Å². The highest BCUT2D eigenvalue weighted by Crippen LogP contribution is 2.24. The maximum Gasteiger partial charge on any atom is 0.189 e. The van der Waals surface area contributed by atoms with Crippen molar-refractivity contribution >= 4 is 17.6 Å². The summed E-state index contributed by atoms with van der Waals surface area (Å²) in [4.78, 5) is 8.84. The minimum absolute atomic E-state index is 0.611. The van der Waals surface area contributed by atoms with E-state index in [1.807, 2.05) is 13.3 Å². The summed E-state index contributed by atoms with van der Waals surface area (Å²) in [6.45, 7) is 1.38. The Hall–Kier alpha value is -0.810. The maximum atomic E-state index is 5.37. The predicted octanol–water partition coefficient (Wildman–Crippen LogP) is 1.31. The van der Waals surface area contributed by atoms with Gasteiger partial charge in [0.25, 0.3) is 0 Å². The fraction of sp³-hybridized carbons (Fsp3) is 0.556. The van der Waals surface area contributed by atoms with E-state index < -0.39 is 0 Å². The molecule has 0 atom stereocenters. The van der Waals surface area contributed by atoms with E-state index in [-0.39, 0.29) is 0 Å². The molecule has 0 spiro atoms. The van der Waals surface area contributed by atoms with E-state index >= 15 is 0 Å². The summed E-state index contributed by atoms with van der Waals surface area (Å²) < 4.78 is 5.37. The minimum Gasteiger partial charge on any atom is -0.375 e. The molecule has 0 bridgehead atoms. The van der Waals surface area contributed by atoms with Crippen LogP contribution in [-0.4, -0.2) is 29.9 Å². The van der Waals surface area contributed by atoms with Crippen LogP contribution in [0.2, 0.25) is 0 Å². The predicted molar refractivity (Wildman–Crippen MR) is 56.7 cm³/mol. The van der Waals surface area contributed by atoms with Gasteiger partial charge in [0.15, 0.2) is 5.16 Å². The van der Waals surface area contributed by atoms with Crippen molar-refractivity contribution in [1.29, 1.82) is 0 Å². The molecule has 0 amide bonds. The average Bonchev–Trinajstić information content (AvgIpc) is 2.27. The summed E-state index contributed by atoms with van der Waals surface area (Å²) in [6, 6.07) is 0. The van der Waals surface area contributed by atoms with Crippen LogP contribution in [0.25, 0.3) is 0 Å². The Morgan fingerprint density at radius 3 is 3.00 bits per heavy atom. The number of ether oxygens (including phenoxy) is 1. The number of aromatic nitrogens is 2. The Morgan fingerprint density at radius 2 is 2.29 bits per heavy atom. The van der Waals surface area contributed by atoms with E-state index in [4.69, 9.17) is 4.74 Å². The fourth-order valence-electron chi connectivity index (χ4n) is 1.53. The highest BCUT2D eigenvalue weighted by Gasteiger charge is 2.16. The number of fused-ring (bicyclic) bond motifs is 1. The van der Waals surface area contributed by atoms with Crippen LogP contribution in [0.15, 0.2) is 5.16 Å². The first kappa shape index (κ1) is 9.73. The van der Waals surface area contributed by atoms with Crippen molar-refractivity contribution in [3.63, 3.8) is 0 Å². The molecule has 0 radical (unpaired) electrons. The lowest BCUT2D eigenvalue weighted by atomic mass is 10.1. The molecular weight excluding hydrogens is 198 g/mol. The van der Waals surface area contributed by atoms with Gasteiger partial charge < -0.3 is 10.1 Å². The van der Waals surface area contributed by atoms with Gasteiger partial charge in [0, 0.05) is 19.0 Å². The van der Waals surface area contributed by atoms with Gasteiger partial charge in [-0.2, -0.15) is 0 Å². The standard InChI is InChI=1S/C9H13N3OS/c1-10-8-6-3-4-13-5-7(6)11-9(12-8)14-2/h3-5H2,1-2H3,(H,10,11,12). The van der Waals surface area contributed by atoms with Crippen molar-refractivity contribution in [3.05, 3.63) is 11.3 Å². The molecule has 1 N–H and O–H groups in total. The van der Waals surface area contributed by atoms with Crippen molar-refractivity contribution in [1.82, 2.24) is 9.97 Å². The smallest absolute Gasteiger partial charge is 0.189 e. The summed E-state index contributed by atoms with van der Waals surface area (Å²) in [5, 5.41) is 3.91. The van der Waals surface area contributed by atoms with Crippen LogP contribution in [0.3, 0.4) is 0 Å². The number of thioether (sulfide) groups is 1. The third kappa shape index (κ3) is 1.69. The van der Waals surface area contributed by atoms with E-state index in [0.29, 0.717) is 6.61 Å². The number of hydrogen-bond acceptors (Lipinski definition) is 5. The van der Waals surface area contributed by atoms with Crippen molar-refractivity contribution in [2.45, 2.75) is 18.2 Å². The van der Waals surface area contributed by atoms with Crippen molar-refractivity contribution in [2.75, 3.05) is 25.2 Å². The van der Waals surface area contributed by atoms with Crippen LogP contribution in [0.5, 0.6) is 0 Å². The first-order valence-corrected chi connectivity index (χ1v) is 5.77. The maximum absolute atomic E-state index is 5.37. The van der Waals surface area contributed by atoms with Gasteiger partial charge in [-0.05, 0) is 6.26 Å².